The van der Waals surface area contributed by atoms with Gasteiger partial charge in [-0.2, -0.15) is 0 Å². The summed E-state index contributed by atoms with van der Waals surface area (Å²) in [6.07, 6.45) is 0.901. The number of aryl methyl sites for hydroxylation is 1. The molecule has 1 N–H and O–H groups in total. The van der Waals surface area contributed by atoms with Crippen LogP contribution in [0, 0.1) is 12.8 Å². The highest BCUT2D eigenvalue weighted by Gasteiger charge is 2.37. The zero-order valence-electron chi connectivity index (χ0n) is 7.45. The van der Waals surface area contributed by atoms with Crippen molar-refractivity contribution >= 4 is 11.3 Å². The van der Waals surface area contributed by atoms with Crippen LogP contribution in [0.25, 0.3) is 0 Å². The van der Waals surface area contributed by atoms with Gasteiger partial charge in [-0.05, 0) is 31.4 Å². The monoisotopic (exact) mass is 182 g/mol. The maximum atomic E-state index is 9.36. The Morgan fingerprint density at radius 2 is 2.25 bits per heavy atom. The van der Waals surface area contributed by atoms with Crippen molar-refractivity contribution in [2.24, 2.45) is 5.92 Å². The molecule has 0 spiro atoms. The van der Waals surface area contributed by atoms with Gasteiger partial charge in [-0.1, -0.05) is 6.92 Å². The first-order chi connectivity index (χ1) is 5.68. The van der Waals surface area contributed by atoms with Gasteiger partial charge in [0.05, 0.1) is 6.10 Å². The molecule has 3 atom stereocenters. The Labute approximate surface area is 77.0 Å². The second-order valence-corrected chi connectivity index (χ2v) is 5.04. The summed E-state index contributed by atoms with van der Waals surface area (Å²) in [6.45, 7) is 4.27. The molecule has 1 aromatic heterocycles. The smallest absolute Gasteiger partial charge is 0.0578 e. The summed E-state index contributed by atoms with van der Waals surface area (Å²) in [7, 11) is 0. The van der Waals surface area contributed by atoms with Crippen molar-refractivity contribution in [3.8, 4) is 0 Å². The predicted molar refractivity (Wildman–Crippen MR) is 51.6 cm³/mol. The molecule has 1 aromatic rings. The van der Waals surface area contributed by atoms with Gasteiger partial charge in [0.15, 0.2) is 0 Å². The van der Waals surface area contributed by atoms with Crippen LogP contribution >= 0.6 is 11.3 Å². The maximum Gasteiger partial charge on any atom is 0.0578 e. The van der Waals surface area contributed by atoms with Gasteiger partial charge in [-0.25, -0.2) is 0 Å². The van der Waals surface area contributed by atoms with Crippen LogP contribution in [0.2, 0.25) is 0 Å². The molecule has 1 saturated carbocycles. The Morgan fingerprint density at radius 3 is 2.67 bits per heavy atom. The van der Waals surface area contributed by atoms with Gasteiger partial charge in [-0.3, -0.25) is 0 Å². The largest absolute Gasteiger partial charge is 0.393 e. The fourth-order valence-electron chi connectivity index (χ4n) is 1.79. The maximum absolute atomic E-state index is 9.36. The molecule has 0 amide bonds. The van der Waals surface area contributed by atoms with Crippen LogP contribution in [0.5, 0.6) is 0 Å². The van der Waals surface area contributed by atoms with Crippen LogP contribution in [-0.2, 0) is 0 Å². The first-order valence-electron chi connectivity index (χ1n) is 4.43. The van der Waals surface area contributed by atoms with Crippen LogP contribution in [-0.4, -0.2) is 11.2 Å². The first-order valence-corrected chi connectivity index (χ1v) is 5.24. The van der Waals surface area contributed by atoms with Gasteiger partial charge < -0.3 is 5.11 Å². The second-order valence-electron chi connectivity index (χ2n) is 3.72. The van der Waals surface area contributed by atoms with Gasteiger partial charge in [0.1, 0.15) is 0 Å². The summed E-state index contributed by atoms with van der Waals surface area (Å²) in [6, 6.07) is 4.37. The Hall–Kier alpha value is -0.340. The quantitative estimate of drug-likeness (QED) is 0.707. The van der Waals surface area contributed by atoms with Crippen molar-refractivity contribution in [3.05, 3.63) is 21.9 Å². The number of hydrogen-bond donors (Lipinski definition) is 1. The van der Waals surface area contributed by atoms with E-state index in [0.717, 1.165) is 6.42 Å². The standard InChI is InChI=1S/C10H14OS/c1-6-3-4-10(12-6)8-5-9(11)7(8)2/h3-4,7-9,11H,5H2,1-2H3. The molecule has 2 rings (SSSR count). The van der Waals surface area contributed by atoms with Gasteiger partial charge >= 0.3 is 0 Å². The van der Waals surface area contributed by atoms with Crippen LogP contribution in [0.3, 0.4) is 0 Å². The van der Waals surface area contributed by atoms with Crippen molar-refractivity contribution < 1.29 is 5.11 Å². The fraction of sp³-hybridized carbons (Fsp3) is 0.600. The van der Waals surface area contributed by atoms with E-state index in [9.17, 15) is 5.11 Å². The molecule has 0 saturated heterocycles. The molecule has 1 aliphatic rings. The Balaban J connectivity index is 2.12. The molecule has 2 heteroatoms. The third-order valence-corrected chi connectivity index (χ3v) is 4.00. The van der Waals surface area contributed by atoms with Gasteiger partial charge in [0.25, 0.3) is 0 Å². The van der Waals surface area contributed by atoms with Crippen LogP contribution in [0.4, 0.5) is 0 Å². The average Bonchev–Trinajstić information content (AvgIpc) is 2.46. The summed E-state index contributed by atoms with van der Waals surface area (Å²) in [5.41, 5.74) is 0. The zero-order valence-corrected chi connectivity index (χ0v) is 8.27. The van der Waals surface area contributed by atoms with E-state index in [0.29, 0.717) is 11.8 Å². The third kappa shape index (κ3) is 1.19. The molecule has 3 unspecified atom stereocenters. The molecule has 66 valence electrons. The van der Waals surface area contributed by atoms with E-state index in [2.05, 4.69) is 26.0 Å². The molecule has 12 heavy (non-hydrogen) atoms. The summed E-state index contributed by atoms with van der Waals surface area (Å²) < 4.78 is 0. The van der Waals surface area contributed by atoms with Crippen molar-refractivity contribution in [2.45, 2.75) is 32.3 Å². The minimum atomic E-state index is -0.0580. The molecule has 1 fully saturated rings. The lowest BCUT2D eigenvalue weighted by Crippen LogP contribution is -2.36. The highest BCUT2D eigenvalue weighted by Crippen LogP contribution is 2.44. The Morgan fingerprint density at radius 1 is 1.50 bits per heavy atom. The van der Waals surface area contributed by atoms with Crippen molar-refractivity contribution in [2.75, 3.05) is 0 Å². The molecule has 0 aromatic carbocycles. The number of aliphatic hydroxyl groups excluding tert-OH is 1. The molecule has 0 aliphatic heterocycles. The minimum Gasteiger partial charge on any atom is -0.393 e. The van der Waals surface area contributed by atoms with E-state index in [1.165, 1.54) is 9.75 Å². The zero-order chi connectivity index (χ0) is 8.72. The van der Waals surface area contributed by atoms with E-state index in [-0.39, 0.29) is 6.10 Å². The molecular formula is C10H14OS. The van der Waals surface area contributed by atoms with E-state index in [1.54, 1.807) is 0 Å². The molecule has 1 heterocycles. The van der Waals surface area contributed by atoms with Crippen LogP contribution in [0.15, 0.2) is 12.1 Å². The molecule has 1 nitrogen and oxygen atoms in total. The van der Waals surface area contributed by atoms with Crippen LogP contribution in [0.1, 0.15) is 29.0 Å². The molecule has 0 bridgehead atoms. The van der Waals surface area contributed by atoms with Gasteiger partial charge in [-0.15, -0.1) is 11.3 Å². The van der Waals surface area contributed by atoms with Crippen LogP contribution < -0.4 is 0 Å². The second kappa shape index (κ2) is 2.86. The molecule has 0 radical (unpaired) electrons. The molecule has 1 aliphatic carbocycles. The lowest BCUT2D eigenvalue weighted by atomic mass is 9.71. The minimum absolute atomic E-state index is 0.0580. The summed E-state index contributed by atoms with van der Waals surface area (Å²) >= 11 is 1.87. The van der Waals surface area contributed by atoms with E-state index in [1.807, 2.05) is 11.3 Å². The summed E-state index contributed by atoms with van der Waals surface area (Å²) in [4.78, 5) is 2.82. The number of thiophene rings is 1. The van der Waals surface area contributed by atoms with Crippen molar-refractivity contribution in [1.29, 1.82) is 0 Å². The van der Waals surface area contributed by atoms with Crippen molar-refractivity contribution in [1.82, 2.24) is 0 Å². The first kappa shape index (κ1) is 8.27. The topological polar surface area (TPSA) is 20.2 Å². The number of rotatable bonds is 1. The van der Waals surface area contributed by atoms with Gasteiger partial charge in [0, 0.05) is 15.7 Å². The van der Waals surface area contributed by atoms with Gasteiger partial charge in [0.2, 0.25) is 0 Å². The summed E-state index contributed by atoms with van der Waals surface area (Å²) in [5, 5.41) is 9.36. The Bertz CT molecular complexity index is 279. The normalized spacial score (nSPS) is 34.8. The lowest BCUT2D eigenvalue weighted by molar-refractivity contribution is 0.0129. The predicted octanol–water partition coefficient (Wildman–Crippen LogP) is 2.54. The molecular weight excluding hydrogens is 168 g/mol. The third-order valence-electron chi connectivity index (χ3n) is 2.86. The SMILES string of the molecule is Cc1ccc(C2CC(O)C2C)s1. The number of aliphatic hydroxyl groups is 1. The highest BCUT2D eigenvalue weighted by molar-refractivity contribution is 7.12. The number of hydrogen-bond acceptors (Lipinski definition) is 2. The highest BCUT2D eigenvalue weighted by atomic mass is 32.1. The van der Waals surface area contributed by atoms with E-state index >= 15 is 0 Å². The average molecular weight is 182 g/mol. The Kier molecular flexibility index (Phi) is 1.97. The van der Waals surface area contributed by atoms with Crippen molar-refractivity contribution in [3.63, 3.8) is 0 Å². The summed E-state index contributed by atoms with van der Waals surface area (Å²) in [5.74, 6) is 1.08. The van der Waals surface area contributed by atoms with E-state index in [4.69, 9.17) is 0 Å². The van der Waals surface area contributed by atoms with E-state index < -0.39 is 0 Å². The fourth-order valence-corrected chi connectivity index (χ4v) is 2.90. The lowest BCUT2D eigenvalue weighted by Gasteiger charge is -2.38.